The number of nitrogens with one attached hydrogen (secondary N) is 1. The molecule has 72 valence electrons. The van der Waals surface area contributed by atoms with Gasteiger partial charge in [0.15, 0.2) is 0 Å². The predicted octanol–water partition coefficient (Wildman–Crippen LogP) is -0.304. The average Bonchev–Trinajstić information content (AvgIpc) is 2.52. The van der Waals surface area contributed by atoms with Crippen molar-refractivity contribution in [3.8, 4) is 0 Å². The van der Waals surface area contributed by atoms with Crippen molar-refractivity contribution in [3.63, 3.8) is 0 Å². The van der Waals surface area contributed by atoms with E-state index in [0.29, 0.717) is 0 Å². The van der Waals surface area contributed by atoms with Crippen LogP contribution < -0.4 is 5.32 Å². The topological polar surface area (TPSA) is 58.6 Å². The highest BCUT2D eigenvalue weighted by atomic mass is 35.5. The Bertz CT molecular complexity index is 137. The number of aliphatic hydroxyl groups is 1. The zero-order chi connectivity index (χ0) is 8.10. The molecule has 4 nitrogen and oxygen atoms in total. The van der Waals surface area contributed by atoms with Crippen molar-refractivity contribution >= 4 is 18.4 Å². The van der Waals surface area contributed by atoms with Crippen LogP contribution in [0.25, 0.3) is 0 Å². The Morgan fingerprint density at radius 3 is 2.92 bits per heavy atom. The number of hydrogen-bond acceptors (Lipinski definition) is 4. The van der Waals surface area contributed by atoms with Gasteiger partial charge in [0.2, 0.25) is 0 Å². The van der Waals surface area contributed by atoms with Gasteiger partial charge in [-0.2, -0.15) is 0 Å². The molecule has 1 unspecified atom stereocenters. The Balaban J connectivity index is 0.00000121. The summed E-state index contributed by atoms with van der Waals surface area (Å²) >= 11 is 0. The van der Waals surface area contributed by atoms with Crippen molar-refractivity contribution in [1.82, 2.24) is 5.32 Å². The molecule has 0 aromatic rings. The molecule has 0 amide bonds. The van der Waals surface area contributed by atoms with Crippen LogP contribution in [0, 0.1) is 0 Å². The van der Waals surface area contributed by atoms with Crippen LogP contribution in [0.15, 0.2) is 0 Å². The highest BCUT2D eigenvalue weighted by Gasteiger charge is 2.22. The number of ether oxygens (including phenoxy) is 1. The lowest BCUT2D eigenvalue weighted by Crippen LogP contribution is -2.32. The van der Waals surface area contributed by atoms with Gasteiger partial charge in [0.05, 0.1) is 6.61 Å². The molecule has 1 saturated heterocycles. The molecule has 0 bridgehead atoms. The third-order valence-electron chi connectivity index (χ3n) is 1.68. The number of rotatable bonds is 3. The van der Waals surface area contributed by atoms with E-state index in [0.717, 1.165) is 19.4 Å². The molecule has 2 N–H and O–H groups in total. The molecule has 1 aliphatic rings. The van der Waals surface area contributed by atoms with Gasteiger partial charge in [-0.15, -0.1) is 12.4 Å². The van der Waals surface area contributed by atoms with Crippen molar-refractivity contribution in [2.75, 3.05) is 19.8 Å². The number of carbonyl (C=O) groups excluding carboxylic acids is 1. The monoisotopic (exact) mass is 195 g/mol. The van der Waals surface area contributed by atoms with Crippen LogP contribution in [0.1, 0.15) is 12.8 Å². The summed E-state index contributed by atoms with van der Waals surface area (Å²) in [6, 6.07) is -0.137. The molecular formula is C7H14ClNO3. The lowest BCUT2D eigenvalue weighted by atomic mass is 10.2. The summed E-state index contributed by atoms with van der Waals surface area (Å²) in [6.45, 7) is 0.897. The van der Waals surface area contributed by atoms with Crippen LogP contribution in [-0.4, -0.2) is 36.9 Å². The first-order chi connectivity index (χ1) is 5.34. The maximum atomic E-state index is 11.0. The van der Waals surface area contributed by atoms with E-state index in [2.05, 4.69) is 5.32 Å². The Morgan fingerprint density at radius 1 is 1.67 bits per heavy atom. The van der Waals surface area contributed by atoms with Gasteiger partial charge in [0.25, 0.3) is 0 Å². The molecule has 12 heavy (non-hydrogen) atoms. The normalized spacial score (nSPS) is 21.6. The molecule has 1 fully saturated rings. The van der Waals surface area contributed by atoms with E-state index in [1.165, 1.54) is 0 Å². The van der Waals surface area contributed by atoms with Gasteiger partial charge in [-0.05, 0) is 19.4 Å². The number of halogens is 1. The van der Waals surface area contributed by atoms with Crippen molar-refractivity contribution in [2.24, 2.45) is 0 Å². The van der Waals surface area contributed by atoms with Crippen LogP contribution in [0.3, 0.4) is 0 Å². The number of aliphatic hydroxyl groups excluding tert-OH is 1. The molecule has 1 heterocycles. The van der Waals surface area contributed by atoms with Crippen molar-refractivity contribution in [2.45, 2.75) is 18.9 Å². The molecule has 1 aliphatic heterocycles. The quantitative estimate of drug-likeness (QED) is 0.607. The maximum absolute atomic E-state index is 11.0. The Morgan fingerprint density at radius 2 is 2.42 bits per heavy atom. The van der Waals surface area contributed by atoms with E-state index in [1.807, 2.05) is 0 Å². The average molecular weight is 196 g/mol. The SMILES string of the molecule is Cl.O=C(OCCO)C1CCCN1. The van der Waals surface area contributed by atoms with Gasteiger partial charge in [-0.3, -0.25) is 4.79 Å². The molecule has 0 radical (unpaired) electrons. The van der Waals surface area contributed by atoms with Crippen LogP contribution in [0.5, 0.6) is 0 Å². The van der Waals surface area contributed by atoms with Crippen molar-refractivity contribution in [3.05, 3.63) is 0 Å². The summed E-state index contributed by atoms with van der Waals surface area (Å²) in [4.78, 5) is 11.0. The third kappa shape index (κ3) is 3.38. The van der Waals surface area contributed by atoms with E-state index in [1.54, 1.807) is 0 Å². The van der Waals surface area contributed by atoms with Gasteiger partial charge in [0.1, 0.15) is 12.6 Å². The van der Waals surface area contributed by atoms with E-state index < -0.39 is 0 Å². The first kappa shape index (κ1) is 11.7. The summed E-state index contributed by atoms with van der Waals surface area (Å²) in [6.07, 6.45) is 1.88. The van der Waals surface area contributed by atoms with Crippen molar-refractivity contribution < 1.29 is 14.6 Å². The Labute approximate surface area is 77.7 Å². The van der Waals surface area contributed by atoms with Gasteiger partial charge in [-0.25, -0.2) is 0 Å². The van der Waals surface area contributed by atoms with Crippen LogP contribution >= 0.6 is 12.4 Å². The molecule has 0 aliphatic carbocycles. The zero-order valence-corrected chi connectivity index (χ0v) is 7.60. The van der Waals surface area contributed by atoms with E-state index >= 15 is 0 Å². The standard InChI is InChI=1S/C7H13NO3.ClH/c9-4-5-11-7(10)6-2-1-3-8-6;/h6,8-9H,1-5H2;1H. The van der Waals surface area contributed by atoms with E-state index in [9.17, 15) is 4.79 Å². The summed E-state index contributed by atoms with van der Waals surface area (Å²) in [7, 11) is 0. The van der Waals surface area contributed by atoms with E-state index in [4.69, 9.17) is 9.84 Å². The molecule has 0 spiro atoms. The summed E-state index contributed by atoms with van der Waals surface area (Å²) in [5.41, 5.74) is 0. The third-order valence-corrected chi connectivity index (χ3v) is 1.68. The fraction of sp³-hybridized carbons (Fsp3) is 0.857. The first-order valence-corrected chi connectivity index (χ1v) is 3.85. The highest BCUT2D eigenvalue weighted by molar-refractivity contribution is 5.85. The van der Waals surface area contributed by atoms with Crippen molar-refractivity contribution in [1.29, 1.82) is 0 Å². The fourth-order valence-electron chi connectivity index (χ4n) is 1.13. The number of carbonyl (C=O) groups is 1. The molecule has 0 aromatic heterocycles. The minimum absolute atomic E-state index is 0. The second-order valence-corrected chi connectivity index (χ2v) is 2.54. The summed E-state index contributed by atoms with van der Waals surface area (Å²) in [5.74, 6) is -0.239. The molecule has 0 saturated carbocycles. The van der Waals surface area contributed by atoms with Gasteiger partial charge < -0.3 is 15.2 Å². The van der Waals surface area contributed by atoms with Gasteiger partial charge >= 0.3 is 5.97 Å². The molecular weight excluding hydrogens is 182 g/mol. The van der Waals surface area contributed by atoms with E-state index in [-0.39, 0.29) is 37.6 Å². The predicted molar refractivity (Wildman–Crippen MR) is 46.3 cm³/mol. The lowest BCUT2D eigenvalue weighted by molar-refractivity contribution is -0.146. The summed E-state index contributed by atoms with van der Waals surface area (Å²) < 4.78 is 4.72. The minimum Gasteiger partial charge on any atom is -0.462 e. The van der Waals surface area contributed by atoms with Crippen LogP contribution in [-0.2, 0) is 9.53 Å². The second-order valence-electron chi connectivity index (χ2n) is 2.54. The number of esters is 1. The number of hydrogen-bond donors (Lipinski definition) is 2. The molecule has 0 aromatic carbocycles. The summed E-state index contributed by atoms with van der Waals surface area (Å²) in [5, 5.41) is 11.4. The minimum atomic E-state index is -0.239. The highest BCUT2D eigenvalue weighted by Crippen LogP contribution is 2.05. The Kier molecular flexibility index (Phi) is 6.06. The maximum Gasteiger partial charge on any atom is 0.323 e. The second kappa shape index (κ2) is 6.22. The molecule has 1 atom stereocenters. The smallest absolute Gasteiger partial charge is 0.323 e. The molecule has 1 rings (SSSR count). The fourth-order valence-corrected chi connectivity index (χ4v) is 1.13. The zero-order valence-electron chi connectivity index (χ0n) is 6.78. The van der Waals surface area contributed by atoms with Crippen LogP contribution in [0.4, 0.5) is 0 Å². The van der Waals surface area contributed by atoms with Gasteiger partial charge in [-0.1, -0.05) is 0 Å². The van der Waals surface area contributed by atoms with Crippen LogP contribution in [0.2, 0.25) is 0 Å². The first-order valence-electron chi connectivity index (χ1n) is 3.85. The molecule has 5 heteroatoms. The lowest BCUT2D eigenvalue weighted by Gasteiger charge is -2.08. The van der Waals surface area contributed by atoms with Gasteiger partial charge in [0, 0.05) is 0 Å². The largest absolute Gasteiger partial charge is 0.462 e. The Hall–Kier alpha value is -0.320.